The van der Waals surface area contributed by atoms with E-state index in [0.29, 0.717) is 31.7 Å². The van der Waals surface area contributed by atoms with Crippen molar-refractivity contribution in [1.82, 2.24) is 5.32 Å². The predicted octanol–water partition coefficient (Wildman–Crippen LogP) is 3.60. The molecule has 0 radical (unpaired) electrons. The monoisotopic (exact) mass is 317 g/mol. The smallest absolute Gasteiger partial charge is 0.303 e. The highest BCUT2D eigenvalue weighted by Crippen LogP contribution is 2.42. The Morgan fingerprint density at radius 2 is 1.91 bits per heavy atom. The first-order chi connectivity index (χ1) is 10.9. The first-order valence-electron chi connectivity index (χ1n) is 8.48. The second-order valence-electron chi connectivity index (χ2n) is 7.11. The summed E-state index contributed by atoms with van der Waals surface area (Å²) in [6, 6.07) is 8.54. The Balaban J connectivity index is 1.84. The number of aliphatic carboxylic acids is 1. The molecule has 2 rings (SSSR count). The molecule has 0 spiro atoms. The van der Waals surface area contributed by atoms with Crippen molar-refractivity contribution in [2.24, 2.45) is 0 Å². The lowest BCUT2D eigenvalue weighted by atomic mass is 9.69. The van der Waals surface area contributed by atoms with E-state index in [0.717, 1.165) is 12.8 Å². The number of carbonyl (C=O) groups is 2. The summed E-state index contributed by atoms with van der Waals surface area (Å²) in [6.07, 6.45) is 3.95. The molecule has 1 aromatic rings. The van der Waals surface area contributed by atoms with Gasteiger partial charge in [0.25, 0.3) is 0 Å². The van der Waals surface area contributed by atoms with Crippen molar-refractivity contribution in [3.05, 3.63) is 35.4 Å². The van der Waals surface area contributed by atoms with Crippen molar-refractivity contribution < 1.29 is 14.7 Å². The average molecular weight is 317 g/mol. The molecular weight excluding hydrogens is 290 g/mol. The standard InChI is InChI=1S/C19H27NO3/c1-19(2)12-11-14(15-7-3-4-8-16(15)19)13-20-17(21)9-5-6-10-18(22)23/h3-4,7-8,14H,5-6,9-13H2,1-2H3,(H,20,21)(H,22,23). The van der Waals surface area contributed by atoms with Gasteiger partial charge in [0.2, 0.25) is 5.91 Å². The number of amides is 1. The van der Waals surface area contributed by atoms with E-state index in [4.69, 9.17) is 5.11 Å². The molecule has 0 saturated heterocycles. The third-order valence-electron chi connectivity index (χ3n) is 4.84. The molecule has 0 bridgehead atoms. The molecule has 1 aliphatic rings. The van der Waals surface area contributed by atoms with Crippen LogP contribution in [-0.2, 0) is 15.0 Å². The fourth-order valence-electron chi connectivity index (χ4n) is 3.39. The maximum absolute atomic E-state index is 11.9. The molecule has 1 atom stereocenters. The molecule has 1 aliphatic carbocycles. The fraction of sp³-hybridized carbons (Fsp3) is 0.579. The number of rotatable bonds is 7. The first-order valence-corrected chi connectivity index (χ1v) is 8.48. The lowest BCUT2D eigenvalue weighted by Crippen LogP contribution is -2.33. The van der Waals surface area contributed by atoms with Gasteiger partial charge in [0.1, 0.15) is 0 Å². The molecule has 2 N–H and O–H groups in total. The molecule has 126 valence electrons. The molecule has 0 aromatic heterocycles. The van der Waals surface area contributed by atoms with E-state index in [1.54, 1.807) is 0 Å². The van der Waals surface area contributed by atoms with Gasteiger partial charge < -0.3 is 10.4 Å². The van der Waals surface area contributed by atoms with Crippen LogP contribution in [0.15, 0.2) is 24.3 Å². The minimum absolute atomic E-state index is 0.0257. The highest BCUT2D eigenvalue weighted by Gasteiger charge is 2.32. The largest absolute Gasteiger partial charge is 0.481 e. The topological polar surface area (TPSA) is 66.4 Å². The molecule has 4 heteroatoms. The number of nitrogens with one attached hydrogen (secondary N) is 1. The quantitative estimate of drug-likeness (QED) is 0.755. The van der Waals surface area contributed by atoms with E-state index in [9.17, 15) is 9.59 Å². The van der Waals surface area contributed by atoms with Gasteiger partial charge in [-0.05, 0) is 42.2 Å². The summed E-state index contributed by atoms with van der Waals surface area (Å²) in [5.74, 6) is -0.397. The van der Waals surface area contributed by atoms with Gasteiger partial charge in [-0.15, -0.1) is 0 Å². The number of carboxylic acids is 1. The highest BCUT2D eigenvalue weighted by atomic mass is 16.4. The number of carbonyl (C=O) groups excluding carboxylic acids is 1. The van der Waals surface area contributed by atoms with Crippen LogP contribution in [-0.4, -0.2) is 23.5 Å². The van der Waals surface area contributed by atoms with Crippen molar-refractivity contribution in [2.45, 2.75) is 63.7 Å². The van der Waals surface area contributed by atoms with Gasteiger partial charge in [0.15, 0.2) is 0 Å². The van der Waals surface area contributed by atoms with Crippen LogP contribution in [0, 0.1) is 0 Å². The number of fused-ring (bicyclic) bond motifs is 1. The van der Waals surface area contributed by atoms with Crippen molar-refractivity contribution in [1.29, 1.82) is 0 Å². The van der Waals surface area contributed by atoms with Crippen molar-refractivity contribution in [2.75, 3.05) is 6.54 Å². The zero-order valence-corrected chi connectivity index (χ0v) is 14.1. The van der Waals surface area contributed by atoms with E-state index >= 15 is 0 Å². The Hall–Kier alpha value is -1.84. The van der Waals surface area contributed by atoms with Crippen LogP contribution in [0.25, 0.3) is 0 Å². The zero-order chi connectivity index (χ0) is 16.9. The average Bonchev–Trinajstić information content (AvgIpc) is 2.51. The number of unbranched alkanes of at least 4 members (excludes halogenated alkanes) is 1. The zero-order valence-electron chi connectivity index (χ0n) is 14.1. The van der Waals surface area contributed by atoms with Gasteiger partial charge >= 0.3 is 5.97 Å². The second-order valence-corrected chi connectivity index (χ2v) is 7.11. The van der Waals surface area contributed by atoms with Gasteiger partial charge in [-0.25, -0.2) is 0 Å². The molecule has 0 fully saturated rings. The summed E-state index contributed by atoms with van der Waals surface area (Å²) in [5.41, 5.74) is 2.95. The van der Waals surface area contributed by atoms with Gasteiger partial charge in [-0.1, -0.05) is 38.1 Å². The van der Waals surface area contributed by atoms with Gasteiger partial charge in [-0.2, -0.15) is 0 Å². The fourth-order valence-corrected chi connectivity index (χ4v) is 3.39. The minimum atomic E-state index is -0.799. The summed E-state index contributed by atoms with van der Waals surface area (Å²) in [6.45, 7) is 5.23. The van der Waals surface area contributed by atoms with Crippen LogP contribution >= 0.6 is 0 Å². The van der Waals surface area contributed by atoms with Gasteiger partial charge in [0, 0.05) is 25.3 Å². The van der Waals surface area contributed by atoms with E-state index in [1.165, 1.54) is 11.1 Å². The molecule has 23 heavy (non-hydrogen) atoms. The van der Waals surface area contributed by atoms with Gasteiger partial charge in [0.05, 0.1) is 0 Å². The van der Waals surface area contributed by atoms with Crippen molar-refractivity contribution >= 4 is 11.9 Å². The minimum Gasteiger partial charge on any atom is -0.481 e. The highest BCUT2D eigenvalue weighted by molar-refractivity contribution is 5.76. The van der Waals surface area contributed by atoms with Crippen molar-refractivity contribution in [3.63, 3.8) is 0 Å². The molecular formula is C19H27NO3. The van der Waals surface area contributed by atoms with Crippen LogP contribution < -0.4 is 5.32 Å². The third-order valence-corrected chi connectivity index (χ3v) is 4.84. The maximum Gasteiger partial charge on any atom is 0.303 e. The number of benzene rings is 1. The van der Waals surface area contributed by atoms with Crippen LogP contribution in [0.5, 0.6) is 0 Å². The Kier molecular flexibility index (Phi) is 5.80. The molecule has 4 nitrogen and oxygen atoms in total. The van der Waals surface area contributed by atoms with Gasteiger partial charge in [-0.3, -0.25) is 9.59 Å². The summed E-state index contributed by atoms with van der Waals surface area (Å²) >= 11 is 0. The summed E-state index contributed by atoms with van der Waals surface area (Å²) in [7, 11) is 0. The Morgan fingerprint density at radius 1 is 1.22 bits per heavy atom. The van der Waals surface area contributed by atoms with Crippen molar-refractivity contribution in [3.8, 4) is 0 Å². The third kappa shape index (κ3) is 4.81. The Bertz CT molecular complexity index is 565. The van der Waals surface area contributed by atoms with Crippen LogP contribution in [0.2, 0.25) is 0 Å². The van der Waals surface area contributed by atoms with E-state index in [1.807, 2.05) is 0 Å². The molecule has 0 aliphatic heterocycles. The Labute approximate surface area is 138 Å². The molecule has 1 unspecified atom stereocenters. The lowest BCUT2D eigenvalue weighted by Gasteiger charge is -2.37. The van der Waals surface area contributed by atoms with Crippen LogP contribution in [0.4, 0.5) is 0 Å². The summed E-state index contributed by atoms with van der Waals surface area (Å²) in [5, 5.41) is 11.6. The predicted molar refractivity (Wildman–Crippen MR) is 90.6 cm³/mol. The second kappa shape index (κ2) is 7.62. The number of hydrogen-bond donors (Lipinski definition) is 2. The molecule has 1 amide bonds. The normalized spacial score (nSPS) is 19.0. The molecule has 0 saturated carbocycles. The summed E-state index contributed by atoms with van der Waals surface area (Å²) in [4.78, 5) is 22.4. The molecule has 0 heterocycles. The number of carboxylic acid groups (broad SMARTS) is 1. The van der Waals surface area contributed by atoms with Crippen LogP contribution in [0.3, 0.4) is 0 Å². The number of hydrogen-bond acceptors (Lipinski definition) is 2. The SMILES string of the molecule is CC1(C)CCC(CNC(=O)CCCCC(=O)O)c2ccccc21. The first kappa shape index (κ1) is 17.5. The van der Waals surface area contributed by atoms with E-state index in [-0.39, 0.29) is 17.7 Å². The van der Waals surface area contributed by atoms with Crippen LogP contribution in [0.1, 0.15) is 69.4 Å². The van der Waals surface area contributed by atoms with E-state index in [2.05, 4.69) is 43.4 Å². The van der Waals surface area contributed by atoms with E-state index < -0.39 is 5.97 Å². The maximum atomic E-state index is 11.9. The molecule has 1 aromatic carbocycles. The Morgan fingerprint density at radius 3 is 2.65 bits per heavy atom. The summed E-state index contributed by atoms with van der Waals surface area (Å²) < 4.78 is 0. The lowest BCUT2D eigenvalue weighted by molar-refractivity contribution is -0.137.